The molecule has 0 unspecified atom stereocenters. The summed E-state index contributed by atoms with van der Waals surface area (Å²) in [7, 11) is 1.42. The lowest BCUT2D eigenvalue weighted by molar-refractivity contribution is 0.0599. The van der Waals surface area contributed by atoms with Gasteiger partial charge in [0.05, 0.1) is 23.7 Å². The van der Waals surface area contributed by atoms with Crippen molar-refractivity contribution in [1.29, 1.82) is 0 Å². The van der Waals surface area contributed by atoms with Crippen LogP contribution in [0.15, 0.2) is 65.8 Å². The number of nitrogens with one attached hydrogen (secondary N) is 1. The Morgan fingerprint density at radius 2 is 1.72 bits per heavy atom. The van der Waals surface area contributed by atoms with E-state index in [1.165, 1.54) is 7.11 Å². The van der Waals surface area contributed by atoms with Crippen LogP contribution in [0.3, 0.4) is 0 Å². The Morgan fingerprint density at radius 1 is 1.00 bits per heavy atom. The Labute approximate surface area is 233 Å². The average molecular weight is 543 g/mol. The van der Waals surface area contributed by atoms with Gasteiger partial charge in [0.25, 0.3) is 0 Å². The van der Waals surface area contributed by atoms with Crippen LogP contribution in [-0.4, -0.2) is 52.9 Å². The number of methoxy groups -OCH3 is 1. The molecule has 2 amide bonds. The summed E-state index contributed by atoms with van der Waals surface area (Å²) in [6, 6.07) is 19.8. The fourth-order valence-electron chi connectivity index (χ4n) is 5.17. The van der Waals surface area contributed by atoms with E-state index in [1.807, 2.05) is 71.8 Å². The van der Waals surface area contributed by atoms with E-state index >= 15 is 0 Å². The van der Waals surface area contributed by atoms with Gasteiger partial charge < -0.3 is 15.0 Å². The molecule has 1 N–H and O–H groups in total. The summed E-state index contributed by atoms with van der Waals surface area (Å²) in [5.74, 6) is -0.339. The van der Waals surface area contributed by atoms with Crippen LogP contribution in [0.25, 0.3) is 27.8 Å². The fourth-order valence-corrected chi connectivity index (χ4v) is 5.75. The summed E-state index contributed by atoms with van der Waals surface area (Å²) >= 11 is 1.57. The molecule has 1 aromatic heterocycles. The summed E-state index contributed by atoms with van der Waals surface area (Å²) in [5.41, 5.74) is 6.55. The number of imidazole rings is 1. The molecule has 202 valence electrons. The second kappa shape index (κ2) is 10.8. The number of nitrogens with zero attached hydrogens (tertiary/aromatic N) is 3. The molecule has 0 atom stereocenters. The lowest BCUT2D eigenvalue weighted by Crippen LogP contribution is -2.32. The van der Waals surface area contributed by atoms with Gasteiger partial charge in [0.15, 0.2) is 5.16 Å². The second-order valence-electron chi connectivity index (χ2n) is 10.8. The first-order chi connectivity index (χ1) is 18.7. The molecule has 3 aromatic carbocycles. The molecule has 7 nitrogen and oxygen atoms in total. The third-order valence-electron chi connectivity index (χ3n) is 7.15. The van der Waals surface area contributed by atoms with Crippen LogP contribution in [0.2, 0.25) is 0 Å². The van der Waals surface area contributed by atoms with Crippen LogP contribution in [-0.2, 0) is 10.2 Å². The number of ether oxygens (including phenoxy) is 1. The maximum absolute atomic E-state index is 12.9. The highest BCUT2D eigenvalue weighted by Gasteiger charge is 2.26. The number of anilines is 1. The first-order valence-electron chi connectivity index (χ1n) is 13.2. The summed E-state index contributed by atoms with van der Waals surface area (Å²) in [5, 5.41) is 3.90. The summed E-state index contributed by atoms with van der Waals surface area (Å²) in [6.45, 7) is 7.88. The molecule has 1 aliphatic heterocycles. The normalized spacial score (nSPS) is 13.6. The molecule has 8 heteroatoms. The molecule has 1 aliphatic rings. The van der Waals surface area contributed by atoms with Gasteiger partial charge in [-0.15, -0.1) is 0 Å². The van der Waals surface area contributed by atoms with Crippen molar-refractivity contribution >= 4 is 40.5 Å². The highest BCUT2D eigenvalue weighted by atomic mass is 32.2. The van der Waals surface area contributed by atoms with E-state index in [9.17, 15) is 9.59 Å². The molecule has 2 heterocycles. The average Bonchev–Trinajstić information content (AvgIpc) is 3.60. The minimum Gasteiger partial charge on any atom is -0.465 e. The number of hydrogen-bond acceptors (Lipinski definition) is 5. The summed E-state index contributed by atoms with van der Waals surface area (Å²) in [6.07, 6.45) is 4.10. The molecule has 4 aromatic rings. The van der Waals surface area contributed by atoms with Crippen LogP contribution in [0.4, 0.5) is 10.5 Å². The zero-order chi connectivity index (χ0) is 27.7. The number of carbonyl (C=O) groups is 2. The van der Waals surface area contributed by atoms with Crippen LogP contribution >= 0.6 is 11.8 Å². The van der Waals surface area contributed by atoms with Crippen LogP contribution in [0.1, 0.15) is 49.5 Å². The summed E-state index contributed by atoms with van der Waals surface area (Å²) < 4.78 is 7.28. The predicted molar refractivity (Wildman–Crippen MR) is 158 cm³/mol. The van der Waals surface area contributed by atoms with Crippen LogP contribution < -0.4 is 5.32 Å². The maximum Gasteiger partial charge on any atom is 0.338 e. The molecule has 0 bridgehead atoms. The SMILES string of the molecule is COC(=O)c1c(-c2ccc(-n3c(SC)nc4ccc(NC(=O)N5CCCC5)cc43)cc2)cccc1C(C)(C)C. The molecular weight excluding hydrogens is 508 g/mol. The number of rotatable bonds is 5. The van der Waals surface area contributed by atoms with E-state index in [-0.39, 0.29) is 17.4 Å². The number of amides is 2. The van der Waals surface area contributed by atoms with Crippen molar-refractivity contribution in [2.45, 2.75) is 44.2 Å². The van der Waals surface area contributed by atoms with Crippen molar-refractivity contribution < 1.29 is 14.3 Å². The number of hydrogen-bond donors (Lipinski definition) is 1. The van der Waals surface area contributed by atoms with Crippen molar-refractivity contribution in [2.75, 3.05) is 31.8 Å². The number of esters is 1. The third-order valence-corrected chi connectivity index (χ3v) is 7.79. The fraction of sp³-hybridized carbons (Fsp3) is 0.323. The number of benzene rings is 3. The highest BCUT2D eigenvalue weighted by molar-refractivity contribution is 7.98. The monoisotopic (exact) mass is 542 g/mol. The van der Waals surface area contributed by atoms with Gasteiger partial charge >= 0.3 is 12.0 Å². The van der Waals surface area contributed by atoms with Crippen LogP contribution in [0.5, 0.6) is 0 Å². The minimum atomic E-state index is -0.339. The van der Waals surface area contributed by atoms with E-state index < -0.39 is 0 Å². The Kier molecular flexibility index (Phi) is 7.40. The Morgan fingerprint density at radius 3 is 2.36 bits per heavy atom. The van der Waals surface area contributed by atoms with Gasteiger partial charge in [0, 0.05) is 24.5 Å². The predicted octanol–water partition coefficient (Wildman–Crippen LogP) is 7.13. The van der Waals surface area contributed by atoms with Crippen molar-refractivity contribution in [3.8, 4) is 16.8 Å². The second-order valence-corrected chi connectivity index (χ2v) is 11.6. The third kappa shape index (κ3) is 5.26. The Bertz CT molecular complexity index is 1530. The van der Waals surface area contributed by atoms with Crippen LogP contribution in [0, 0.1) is 0 Å². The lowest BCUT2D eigenvalue weighted by Gasteiger charge is -2.24. The Balaban J connectivity index is 1.54. The van der Waals surface area contributed by atoms with Gasteiger partial charge in [-0.1, -0.05) is 62.9 Å². The smallest absolute Gasteiger partial charge is 0.338 e. The quantitative estimate of drug-likeness (QED) is 0.215. The zero-order valence-corrected chi connectivity index (χ0v) is 23.9. The molecule has 1 saturated heterocycles. The summed E-state index contributed by atoms with van der Waals surface area (Å²) in [4.78, 5) is 32.2. The van der Waals surface area contributed by atoms with Gasteiger partial charge in [-0.2, -0.15) is 0 Å². The van der Waals surface area contributed by atoms with Gasteiger partial charge in [0.2, 0.25) is 0 Å². The number of aromatic nitrogens is 2. The lowest BCUT2D eigenvalue weighted by atomic mass is 9.81. The molecule has 0 aliphatic carbocycles. The van der Waals surface area contributed by atoms with E-state index in [2.05, 4.69) is 30.7 Å². The minimum absolute atomic E-state index is 0.0637. The molecular formula is C31H34N4O3S. The molecule has 1 fully saturated rings. The maximum atomic E-state index is 12.9. The van der Waals surface area contributed by atoms with E-state index in [0.29, 0.717) is 5.56 Å². The molecule has 5 rings (SSSR count). The topological polar surface area (TPSA) is 76.5 Å². The van der Waals surface area contributed by atoms with Gasteiger partial charge in [-0.25, -0.2) is 14.6 Å². The van der Waals surface area contributed by atoms with E-state index in [1.54, 1.807) is 11.8 Å². The van der Waals surface area contributed by atoms with Crippen molar-refractivity contribution in [3.05, 3.63) is 71.8 Å². The number of carbonyl (C=O) groups excluding carboxylic acids is 2. The molecule has 39 heavy (non-hydrogen) atoms. The first kappa shape index (κ1) is 26.8. The molecule has 0 radical (unpaired) electrons. The number of fused-ring (bicyclic) bond motifs is 1. The molecule has 0 saturated carbocycles. The van der Waals surface area contributed by atoms with Crippen molar-refractivity contribution in [2.24, 2.45) is 0 Å². The van der Waals surface area contributed by atoms with Crippen molar-refractivity contribution in [1.82, 2.24) is 14.5 Å². The molecule has 0 spiro atoms. The standard InChI is InChI=1S/C31H34N4O3S/c1-31(2,3)24-10-8-9-23(27(24)28(36)38-4)20-11-14-22(15-12-20)35-26-19-21(13-16-25(26)33-30(35)39-5)32-29(37)34-17-6-7-18-34/h8-16,19H,6-7,17-18H2,1-5H3,(H,32,37). The van der Waals surface area contributed by atoms with E-state index in [0.717, 1.165) is 70.2 Å². The van der Waals surface area contributed by atoms with Gasteiger partial charge in [0.1, 0.15) is 0 Å². The number of likely N-dealkylation sites (tertiary alicyclic amines) is 1. The number of urea groups is 1. The largest absolute Gasteiger partial charge is 0.465 e. The van der Waals surface area contributed by atoms with Crippen molar-refractivity contribution in [3.63, 3.8) is 0 Å². The highest BCUT2D eigenvalue weighted by Crippen LogP contribution is 2.35. The first-order valence-corrected chi connectivity index (χ1v) is 14.4. The van der Waals surface area contributed by atoms with Gasteiger partial charge in [-0.3, -0.25) is 4.57 Å². The number of thioether (sulfide) groups is 1. The Hall–Kier alpha value is -3.78. The van der Waals surface area contributed by atoms with Gasteiger partial charge in [-0.05, 0) is 71.5 Å². The van der Waals surface area contributed by atoms with E-state index in [4.69, 9.17) is 9.72 Å². The zero-order valence-electron chi connectivity index (χ0n) is 23.1.